The maximum Gasteiger partial charge on any atom is 0.238 e. The van der Waals surface area contributed by atoms with Gasteiger partial charge in [-0.2, -0.15) is 0 Å². The first-order valence-corrected chi connectivity index (χ1v) is 8.90. The van der Waals surface area contributed by atoms with Crippen LogP contribution in [0.25, 0.3) is 0 Å². The van der Waals surface area contributed by atoms with E-state index in [1.807, 2.05) is 38.1 Å². The maximum atomic E-state index is 12.6. The topological polar surface area (TPSA) is 68.0 Å². The first kappa shape index (κ1) is 19.4. The summed E-state index contributed by atoms with van der Waals surface area (Å²) in [5.41, 5.74) is 0.767. The summed E-state index contributed by atoms with van der Waals surface area (Å²) in [6.45, 7) is 10.0. The third kappa shape index (κ3) is 5.56. The molecule has 0 aliphatic rings. The Bertz CT molecular complexity index is 708. The van der Waals surface area contributed by atoms with E-state index in [9.17, 15) is 4.79 Å². The summed E-state index contributed by atoms with van der Waals surface area (Å²) in [7, 11) is 0. The van der Waals surface area contributed by atoms with Gasteiger partial charge in [0, 0.05) is 18.4 Å². The molecule has 1 N–H and O–H groups in total. The number of amides is 1. The van der Waals surface area contributed by atoms with Crippen LogP contribution in [-0.4, -0.2) is 16.1 Å². The van der Waals surface area contributed by atoms with Crippen molar-refractivity contribution in [2.45, 2.75) is 58.9 Å². The third-order valence-electron chi connectivity index (χ3n) is 4.11. The fraction of sp³-hybridized carbons (Fsp3) is 0.526. The number of hydrogen-bond acceptors (Lipinski definition) is 4. The smallest absolute Gasteiger partial charge is 0.238 e. The SMILES string of the molecule is Cc1nnc(C(CC(C)C)NC(=O)CC(C)(C)c2ccc(Cl)cc2)o1. The number of benzene rings is 1. The number of nitrogens with one attached hydrogen (secondary N) is 1. The summed E-state index contributed by atoms with van der Waals surface area (Å²) in [5, 5.41) is 11.7. The fourth-order valence-corrected chi connectivity index (χ4v) is 2.92. The van der Waals surface area contributed by atoms with Gasteiger partial charge in [0.25, 0.3) is 0 Å². The number of halogens is 1. The van der Waals surface area contributed by atoms with Crippen molar-refractivity contribution in [3.63, 3.8) is 0 Å². The molecule has 1 aromatic carbocycles. The van der Waals surface area contributed by atoms with Crippen molar-refractivity contribution in [1.82, 2.24) is 15.5 Å². The second-order valence-electron chi connectivity index (χ2n) is 7.48. The molecular weight excluding hydrogens is 338 g/mol. The van der Waals surface area contributed by atoms with Gasteiger partial charge in [-0.3, -0.25) is 4.79 Å². The number of carbonyl (C=O) groups is 1. The van der Waals surface area contributed by atoms with Crippen LogP contribution in [0.15, 0.2) is 28.7 Å². The molecule has 1 aromatic heterocycles. The van der Waals surface area contributed by atoms with Crippen LogP contribution < -0.4 is 5.32 Å². The van der Waals surface area contributed by atoms with Crippen molar-refractivity contribution < 1.29 is 9.21 Å². The Hall–Kier alpha value is -1.88. The highest BCUT2D eigenvalue weighted by molar-refractivity contribution is 6.30. The first-order valence-electron chi connectivity index (χ1n) is 8.53. The molecule has 1 heterocycles. The van der Waals surface area contributed by atoms with Crippen molar-refractivity contribution in [3.8, 4) is 0 Å². The predicted octanol–water partition coefficient (Wildman–Crippen LogP) is 4.60. The van der Waals surface area contributed by atoms with E-state index in [2.05, 4.69) is 29.4 Å². The zero-order chi connectivity index (χ0) is 18.6. The van der Waals surface area contributed by atoms with Crippen LogP contribution in [0.2, 0.25) is 5.02 Å². The Balaban J connectivity index is 2.08. The highest BCUT2D eigenvalue weighted by Gasteiger charge is 2.27. The molecule has 0 aliphatic heterocycles. The molecule has 0 saturated carbocycles. The number of nitrogens with zero attached hydrogens (tertiary/aromatic N) is 2. The molecule has 0 fully saturated rings. The molecule has 1 atom stereocenters. The number of aromatic nitrogens is 2. The molecule has 0 aliphatic carbocycles. The molecule has 1 amide bonds. The van der Waals surface area contributed by atoms with Gasteiger partial charge in [0.2, 0.25) is 17.7 Å². The summed E-state index contributed by atoms with van der Waals surface area (Å²) in [4.78, 5) is 12.6. The lowest BCUT2D eigenvalue weighted by Crippen LogP contribution is -2.34. The average molecular weight is 364 g/mol. The van der Waals surface area contributed by atoms with Gasteiger partial charge in [0.05, 0.1) is 0 Å². The van der Waals surface area contributed by atoms with E-state index >= 15 is 0 Å². The molecule has 1 unspecified atom stereocenters. The fourth-order valence-electron chi connectivity index (χ4n) is 2.80. The van der Waals surface area contributed by atoms with Gasteiger partial charge in [-0.25, -0.2) is 0 Å². The molecule has 0 radical (unpaired) electrons. The van der Waals surface area contributed by atoms with E-state index in [-0.39, 0.29) is 17.4 Å². The van der Waals surface area contributed by atoms with E-state index in [0.29, 0.717) is 29.1 Å². The van der Waals surface area contributed by atoms with Crippen LogP contribution in [-0.2, 0) is 10.2 Å². The largest absolute Gasteiger partial charge is 0.423 e. The van der Waals surface area contributed by atoms with Gasteiger partial charge >= 0.3 is 0 Å². The minimum Gasteiger partial charge on any atom is -0.423 e. The minimum absolute atomic E-state index is 0.0403. The Labute approximate surface area is 154 Å². The summed E-state index contributed by atoms with van der Waals surface area (Å²) >= 11 is 5.95. The summed E-state index contributed by atoms with van der Waals surface area (Å²) in [6.07, 6.45) is 1.10. The van der Waals surface area contributed by atoms with Gasteiger partial charge in [-0.15, -0.1) is 10.2 Å². The Morgan fingerprint density at radius 3 is 2.40 bits per heavy atom. The van der Waals surface area contributed by atoms with Crippen LogP contribution in [0.5, 0.6) is 0 Å². The lowest BCUT2D eigenvalue weighted by molar-refractivity contribution is -0.123. The van der Waals surface area contributed by atoms with Crippen molar-refractivity contribution in [2.24, 2.45) is 5.92 Å². The highest BCUT2D eigenvalue weighted by Crippen LogP contribution is 2.29. The second-order valence-corrected chi connectivity index (χ2v) is 7.91. The van der Waals surface area contributed by atoms with Crippen LogP contribution in [0.4, 0.5) is 0 Å². The van der Waals surface area contributed by atoms with E-state index in [4.69, 9.17) is 16.0 Å². The summed E-state index contributed by atoms with van der Waals surface area (Å²) in [5.74, 6) is 1.31. The van der Waals surface area contributed by atoms with E-state index in [1.165, 1.54) is 0 Å². The zero-order valence-electron chi connectivity index (χ0n) is 15.5. The maximum absolute atomic E-state index is 12.6. The molecule has 25 heavy (non-hydrogen) atoms. The average Bonchev–Trinajstić information content (AvgIpc) is 2.92. The minimum atomic E-state index is -0.304. The molecule has 2 rings (SSSR count). The molecule has 0 bridgehead atoms. The quantitative estimate of drug-likeness (QED) is 0.780. The number of aryl methyl sites for hydroxylation is 1. The Morgan fingerprint density at radius 1 is 1.24 bits per heavy atom. The van der Waals surface area contributed by atoms with Gasteiger partial charge in [0.1, 0.15) is 6.04 Å². The standard InChI is InChI=1S/C19H26ClN3O2/c1-12(2)10-16(18-23-22-13(3)25-18)21-17(24)11-19(4,5)14-6-8-15(20)9-7-14/h6-9,12,16H,10-11H2,1-5H3,(H,21,24). The zero-order valence-corrected chi connectivity index (χ0v) is 16.2. The molecule has 5 nitrogen and oxygen atoms in total. The second kappa shape index (κ2) is 8.00. The molecule has 0 spiro atoms. The van der Waals surface area contributed by atoms with E-state index in [1.54, 1.807) is 6.92 Å². The van der Waals surface area contributed by atoms with Crippen LogP contribution in [0, 0.1) is 12.8 Å². The van der Waals surface area contributed by atoms with Crippen LogP contribution >= 0.6 is 11.6 Å². The highest BCUT2D eigenvalue weighted by atomic mass is 35.5. The number of hydrogen-bond donors (Lipinski definition) is 1. The lowest BCUT2D eigenvalue weighted by atomic mass is 9.81. The van der Waals surface area contributed by atoms with Crippen molar-refractivity contribution in [2.75, 3.05) is 0 Å². The molecule has 6 heteroatoms. The van der Waals surface area contributed by atoms with Gasteiger partial charge in [-0.1, -0.05) is 51.4 Å². The molecule has 0 saturated heterocycles. The Kier molecular flexibility index (Phi) is 6.22. The number of carbonyl (C=O) groups excluding carboxylic acids is 1. The lowest BCUT2D eigenvalue weighted by Gasteiger charge is -2.26. The monoisotopic (exact) mass is 363 g/mol. The third-order valence-corrected chi connectivity index (χ3v) is 4.36. The van der Waals surface area contributed by atoms with Crippen LogP contribution in [0.1, 0.15) is 63.9 Å². The van der Waals surface area contributed by atoms with Crippen molar-refractivity contribution in [1.29, 1.82) is 0 Å². The normalized spacial score (nSPS) is 13.1. The van der Waals surface area contributed by atoms with E-state index < -0.39 is 0 Å². The summed E-state index contributed by atoms with van der Waals surface area (Å²) in [6, 6.07) is 7.35. The van der Waals surface area contributed by atoms with Crippen molar-refractivity contribution in [3.05, 3.63) is 46.6 Å². The van der Waals surface area contributed by atoms with Gasteiger partial charge in [0.15, 0.2) is 0 Å². The van der Waals surface area contributed by atoms with E-state index in [0.717, 1.165) is 12.0 Å². The molecule has 2 aromatic rings. The van der Waals surface area contributed by atoms with Crippen LogP contribution in [0.3, 0.4) is 0 Å². The van der Waals surface area contributed by atoms with Gasteiger partial charge < -0.3 is 9.73 Å². The van der Waals surface area contributed by atoms with Crippen molar-refractivity contribution >= 4 is 17.5 Å². The molecular formula is C19H26ClN3O2. The Morgan fingerprint density at radius 2 is 1.88 bits per heavy atom. The predicted molar refractivity (Wildman–Crippen MR) is 98.5 cm³/mol. The molecule has 136 valence electrons. The first-order chi connectivity index (χ1) is 11.7. The summed E-state index contributed by atoms with van der Waals surface area (Å²) < 4.78 is 5.52. The van der Waals surface area contributed by atoms with Gasteiger partial charge in [-0.05, 0) is 35.4 Å². The number of rotatable bonds is 7.